The molecule has 0 aliphatic carbocycles. The lowest BCUT2D eigenvalue weighted by Crippen LogP contribution is -2.29. The van der Waals surface area contributed by atoms with Crippen LogP contribution in [0.1, 0.15) is 22.0 Å². The summed E-state index contributed by atoms with van der Waals surface area (Å²) in [4.78, 5) is 16.4. The molecule has 4 rings (SSSR count). The summed E-state index contributed by atoms with van der Waals surface area (Å²) in [7, 11) is 0. The number of benzene rings is 1. The first-order valence-electron chi connectivity index (χ1n) is 9.68. The van der Waals surface area contributed by atoms with Gasteiger partial charge >= 0.3 is 12.0 Å². The zero-order chi connectivity index (χ0) is 22.9. The maximum absolute atomic E-state index is 14.0. The molecule has 2 aromatic heterocycles. The van der Waals surface area contributed by atoms with Gasteiger partial charge in [-0.25, -0.2) is 9.18 Å². The second-order valence-corrected chi connectivity index (χ2v) is 8.34. The number of fused-ring (bicyclic) bond motifs is 1. The van der Waals surface area contributed by atoms with Gasteiger partial charge in [-0.2, -0.15) is 13.2 Å². The molecule has 1 aliphatic rings. The van der Waals surface area contributed by atoms with Crippen molar-refractivity contribution in [2.45, 2.75) is 38.3 Å². The fourth-order valence-corrected chi connectivity index (χ4v) is 4.62. The first-order valence-corrected chi connectivity index (χ1v) is 10.5. The number of hydrogen-bond acceptors (Lipinski definition) is 8. The van der Waals surface area contributed by atoms with Gasteiger partial charge < -0.3 is 24.3 Å². The SMILES string of the molecule is Cc1oc(=O)oc1CO/N=C/c1sc2c(N[C@@H]3CNC[C@@H]3F)cccc2c1CC(F)(F)F. The van der Waals surface area contributed by atoms with Crippen molar-refractivity contribution in [3.05, 3.63) is 50.8 Å². The van der Waals surface area contributed by atoms with Crippen LogP contribution in [0.3, 0.4) is 0 Å². The number of thiophene rings is 1. The zero-order valence-electron chi connectivity index (χ0n) is 16.8. The van der Waals surface area contributed by atoms with E-state index < -0.39 is 30.6 Å². The molecule has 3 aromatic rings. The molecule has 0 radical (unpaired) electrons. The van der Waals surface area contributed by atoms with Gasteiger partial charge in [0.05, 0.1) is 33.9 Å². The summed E-state index contributed by atoms with van der Waals surface area (Å²) in [6.45, 7) is 1.94. The summed E-state index contributed by atoms with van der Waals surface area (Å²) >= 11 is 1.10. The molecule has 1 fully saturated rings. The maximum atomic E-state index is 14.0. The Morgan fingerprint density at radius 3 is 2.81 bits per heavy atom. The van der Waals surface area contributed by atoms with Crippen LogP contribution in [0.2, 0.25) is 0 Å². The van der Waals surface area contributed by atoms with Crippen molar-refractivity contribution in [3.8, 4) is 0 Å². The van der Waals surface area contributed by atoms with Crippen LogP contribution < -0.4 is 16.5 Å². The summed E-state index contributed by atoms with van der Waals surface area (Å²) in [5.41, 5.74) is 0.615. The van der Waals surface area contributed by atoms with Crippen molar-refractivity contribution in [2.75, 3.05) is 18.4 Å². The number of anilines is 1. The second-order valence-electron chi connectivity index (χ2n) is 7.29. The lowest BCUT2D eigenvalue weighted by Gasteiger charge is -2.16. The minimum atomic E-state index is -4.43. The predicted molar refractivity (Wildman–Crippen MR) is 111 cm³/mol. The molecule has 0 amide bonds. The summed E-state index contributed by atoms with van der Waals surface area (Å²) in [5, 5.41) is 10.2. The van der Waals surface area contributed by atoms with E-state index in [2.05, 4.69) is 15.8 Å². The number of nitrogens with one attached hydrogen (secondary N) is 2. The second kappa shape index (κ2) is 8.94. The Bertz CT molecular complexity index is 1180. The highest BCUT2D eigenvalue weighted by atomic mass is 32.1. The van der Waals surface area contributed by atoms with Gasteiger partial charge in [0.15, 0.2) is 18.1 Å². The van der Waals surface area contributed by atoms with E-state index in [9.17, 15) is 22.4 Å². The predicted octanol–water partition coefficient (Wildman–Crippen LogP) is 4.13. The minimum absolute atomic E-state index is 0.0564. The molecule has 12 heteroatoms. The van der Waals surface area contributed by atoms with Crippen LogP contribution in [0, 0.1) is 6.92 Å². The highest BCUT2D eigenvalue weighted by Crippen LogP contribution is 2.39. The Labute approximate surface area is 183 Å². The van der Waals surface area contributed by atoms with Gasteiger partial charge in [-0.05, 0) is 23.9 Å². The maximum Gasteiger partial charge on any atom is 0.519 e. The third-order valence-electron chi connectivity index (χ3n) is 4.98. The molecule has 172 valence electrons. The molecule has 0 spiro atoms. The third-order valence-corrected chi connectivity index (χ3v) is 6.20. The van der Waals surface area contributed by atoms with Gasteiger partial charge in [0.1, 0.15) is 6.17 Å². The molecule has 0 bridgehead atoms. The van der Waals surface area contributed by atoms with Crippen molar-refractivity contribution in [1.82, 2.24) is 5.32 Å². The van der Waals surface area contributed by atoms with E-state index in [1.807, 2.05) is 0 Å². The van der Waals surface area contributed by atoms with E-state index in [4.69, 9.17) is 13.7 Å². The third kappa shape index (κ3) is 4.96. The van der Waals surface area contributed by atoms with Crippen molar-refractivity contribution < 1.29 is 31.2 Å². The normalized spacial score (nSPS) is 19.3. The molecule has 2 N–H and O–H groups in total. The van der Waals surface area contributed by atoms with Crippen molar-refractivity contribution in [2.24, 2.45) is 5.16 Å². The molecule has 3 heterocycles. The Hall–Kier alpha value is -2.86. The fourth-order valence-electron chi connectivity index (χ4n) is 3.47. The average Bonchev–Trinajstić information content (AvgIpc) is 3.37. The largest absolute Gasteiger partial charge is 0.519 e. The topological polar surface area (TPSA) is 89.0 Å². The van der Waals surface area contributed by atoms with Gasteiger partial charge in [0, 0.05) is 13.1 Å². The van der Waals surface area contributed by atoms with Crippen molar-refractivity contribution >= 4 is 33.3 Å². The molecule has 0 unspecified atom stereocenters. The minimum Gasteiger partial charge on any atom is -0.396 e. The zero-order valence-corrected chi connectivity index (χ0v) is 17.6. The lowest BCUT2D eigenvalue weighted by molar-refractivity contribution is -0.126. The Balaban J connectivity index is 1.62. The standard InChI is InChI=1S/C20H19F4N3O4S/c1-10-16(31-19(28)30-10)9-29-26-8-17-12(5-20(22,23)24)11-3-2-4-14(18(11)32-17)27-15-7-25-6-13(15)21/h2-4,8,13,15,25,27H,5-7,9H2,1H3/b26-8+/t13-,15+/m0/s1. The van der Waals surface area contributed by atoms with E-state index in [0.29, 0.717) is 22.3 Å². The van der Waals surface area contributed by atoms with E-state index in [0.717, 1.165) is 11.3 Å². The van der Waals surface area contributed by atoms with Crippen LogP contribution in [-0.2, 0) is 17.9 Å². The summed E-state index contributed by atoms with van der Waals surface area (Å²) in [5.74, 6) is -0.514. The number of oxime groups is 1. The van der Waals surface area contributed by atoms with Crippen LogP contribution >= 0.6 is 11.3 Å². The van der Waals surface area contributed by atoms with Gasteiger partial charge in [-0.15, -0.1) is 11.3 Å². The van der Waals surface area contributed by atoms with E-state index >= 15 is 0 Å². The number of nitrogens with zero attached hydrogens (tertiary/aromatic N) is 1. The first kappa shape index (κ1) is 22.3. The number of hydrogen-bond donors (Lipinski definition) is 2. The molecule has 32 heavy (non-hydrogen) atoms. The highest BCUT2D eigenvalue weighted by Gasteiger charge is 2.32. The average molecular weight is 473 g/mol. The van der Waals surface area contributed by atoms with Crippen LogP contribution in [-0.4, -0.2) is 37.7 Å². The van der Waals surface area contributed by atoms with Gasteiger partial charge in [-0.3, -0.25) is 0 Å². The molecule has 1 saturated heterocycles. The highest BCUT2D eigenvalue weighted by molar-refractivity contribution is 7.21. The number of rotatable bonds is 7. The summed E-state index contributed by atoms with van der Waals surface area (Å²) < 4.78 is 63.9. The van der Waals surface area contributed by atoms with Crippen LogP contribution in [0.4, 0.5) is 23.2 Å². The molecular weight excluding hydrogens is 454 g/mol. The molecular formula is C20H19F4N3O4S. The quantitative estimate of drug-likeness (QED) is 0.305. The van der Waals surface area contributed by atoms with Crippen molar-refractivity contribution in [3.63, 3.8) is 0 Å². The fraction of sp³-hybridized carbons (Fsp3) is 0.400. The molecule has 0 saturated carbocycles. The molecule has 1 aliphatic heterocycles. The summed E-state index contributed by atoms with van der Waals surface area (Å²) in [6.07, 6.45) is -5.49. The number of aryl methyl sites for hydroxylation is 1. The molecule has 7 nitrogen and oxygen atoms in total. The Morgan fingerprint density at radius 2 is 2.16 bits per heavy atom. The van der Waals surface area contributed by atoms with Crippen molar-refractivity contribution in [1.29, 1.82) is 0 Å². The molecule has 1 aromatic carbocycles. The Morgan fingerprint density at radius 1 is 1.34 bits per heavy atom. The molecule has 2 atom stereocenters. The number of halogens is 4. The van der Waals surface area contributed by atoms with E-state index in [1.54, 1.807) is 18.2 Å². The van der Waals surface area contributed by atoms with Gasteiger partial charge in [-0.1, -0.05) is 17.3 Å². The Kier molecular flexibility index (Phi) is 6.24. The smallest absolute Gasteiger partial charge is 0.396 e. The lowest BCUT2D eigenvalue weighted by atomic mass is 10.1. The van der Waals surface area contributed by atoms with Gasteiger partial charge in [0.25, 0.3) is 0 Å². The summed E-state index contributed by atoms with van der Waals surface area (Å²) in [6, 6.07) is 4.47. The van der Waals surface area contributed by atoms with E-state index in [-0.39, 0.29) is 35.1 Å². The monoisotopic (exact) mass is 473 g/mol. The number of alkyl halides is 4. The van der Waals surface area contributed by atoms with E-state index in [1.165, 1.54) is 13.1 Å². The van der Waals surface area contributed by atoms with Crippen LogP contribution in [0.15, 0.2) is 37.0 Å². The van der Waals surface area contributed by atoms with Crippen LogP contribution in [0.25, 0.3) is 10.1 Å². The van der Waals surface area contributed by atoms with Gasteiger partial charge in [0.2, 0.25) is 0 Å². The first-order chi connectivity index (χ1) is 15.2. The van der Waals surface area contributed by atoms with Crippen LogP contribution in [0.5, 0.6) is 0 Å².